The van der Waals surface area contributed by atoms with Crippen molar-refractivity contribution >= 4 is 0 Å². The van der Waals surface area contributed by atoms with Crippen LogP contribution >= 0.6 is 0 Å². The Hall–Kier alpha value is -0.460. The van der Waals surface area contributed by atoms with Gasteiger partial charge in [0.2, 0.25) is 0 Å². The molecule has 0 amide bonds. The summed E-state index contributed by atoms with van der Waals surface area (Å²) < 4.78 is 80.0. The van der Waals surface area contributed by atoms with Gasteiger partial charge in [-0.3, -0.25) is 0 Å². The standard InChI is InChI=1S/C3H2F6O/c4-2(5)1(10-9)3(6,7)8/h1-2H/i1D,2D. The Morgan fingerprint density at radius 2 is 1.70 bits per heavy atom. The second-order valence-corrected chi connectivity index (χ2v) is 1.16. The van der Waals surface area contributed by atoms with Crippen LogP contribution in [0.3, 0.4) is 0 Å². The van der Waals surface area contributed by atoms with E-state index in [-0.39, 0.29) is 0 Å². The van der Waals surface area contributed by atoms with Gasteiger partial charge in [-0.15, -0.1) is 0 Å². The molecule has 1 nitrogen and oxygen atoms in total. The molecule has 0 heterocycles. The van der Waals surface area contributed by atoms with Gasteiger partial charge in [0.05, 0.1) is 1.37 Å². The molecular weight excluding hydrogens is 166 g/mol. The Labute approximate surface area is 54.3 Å². The zero-order valence-electron chi connectivity index (χ0n) is 6.18. The van der Waals surface area contributed by atoms with Gasteiger partial charge in [0, 0.05) is 0 Å². The summed E-state index contributed by atoms with van der Waals surface area (Å²) in [5.74, 6) is 0. The molecule has 7 heteroatoms. The Morgan fingerprint density at radius 3 is 1.70 bits per heavy atom. The first-order valence-electron chi connectivity index (χ1n) is 2.80. The molecule has 1 atom stereocenters. The molecule has 0 bridgehead atoms. The minimum atomic E-state index is -5.98. The minimum Gasteiger partial charge on any atom is -0.207 e. The van der Waals surface area contributed by atoms with Gasteiger partial charge in [-0.1, -0.05) is 0 Å². The molecule has 62 valence electrons. The largest absolute Gasteiger partial charge is 0.423 e. The van der Waals surface area contributed by atoms with E-state index in [1.54, 1.807) is 4.94 Å². The Balaban J connectivity index is 4.95. The van der Waals surface area contributed by atoms with Gasteiger partial charge in [-0.2, -0.15) is 18.1 Å². The second kappa shape index (κ2) is 3.09. The van der Waals surface area contributed by atoms with Crippen LogP contribution in [0.2, 0.25) is 0 Å². The highest BCUT2D eigenvalue weighted by Crippen LogP contribution is 2.27. The van der Waals surface area contributed by atoms with Crippen LogP contribution in [-0.4, -0.2) is 18.7 Å². The number of hydrogen-bond acceptors (Lipinski definition) is 1. The van der Waals surface area contributed by atoms with Crippen LogP contribution in [0.25, 0.3) is 0 Å². The van der Waals surface area contributed by atoms with E-state index in [2.05, 4.69) is 0 Å². The molecule has 1 unspecified atom stereocenters. The normalized spacial score (nSPS) is 23.0. The summed E-state index contributed by atoms with van der Waals surface area (Å²) in [5, 5.41) is 0. The first-order chi connectivity index (χ1) is 5.06. The molecule has 0 aromatic carbocycles. The quantitative estimate of drug-likeness (QED) is 0.576. The van der Waals surface area contributed by atoms with Crippen LogP contribution in [0, 0.1) is 0 Å². The fraction of sp³-hybridized carbons (Fsp3) is 1.00. The average molecular weight is 170 g/mol. The summed E-state index contributed by atoms with van der Waals surface area (Å²) in [4.78, 5) is 1.77. The predicted octanol–water partition coefficient (Wildman–Crippen LogP) is 2.08. The monoisotopic (exact) mass is 170 g/mol. The van der Waals surface area contributed by atoms with E-state index in [9.17, 15) is 26.5 Å². The zero-order chi connectivity index (χ0) is 10.2. The summed E-state index contributed by atoms with van der Waals surface area (Å²) in [7, 11) is 0. The van der Waals surface area contributed by atoms with Crippen molar-refractivity contribution in [1.82, 2.24) is 0 Å². The van der Waals surface area contributed by atoms with E-state index in [0.29, 0.717) is 0 Å². The van der Waals surface area contributed by atoms with Crippen molar-refractivity contribution in [3.63, 3.8) is 0 Å². The molecule has 0 radical (unpaired) electrons. The van der Waals surface area contributed by atoms with Crippen molar-refractivity contribution in [3.8, 4) is 0 Å². The second-order valence-electron chi connectivity index (χ2n) is 1.16. The summed E-state index contributed by atoms with van der Waals surface area (Å²) >= 11 is 0. The van der Waals surface area contributed by atoms with E-state index in [1.165, 1.54) is 0 Å². The van der Waals surface area contributed by atoms with Crippen molar-refractivity contribution in [3.05, 3.63) is 0 Å². The number of halogens is 6. The zero-order valence-corrected chi connectivity index (χ0v) is 4.18. The summed E-state index contributed by atoms with van der Waals surface area (Å²) in [6.45, 7) is 0. The van der Waals surface area contributed by atoms with Crippen molar-refractivity contribution in [2.45, 2.75) is 18.7 Å². The number of hydrogen-bond donors (Lipinski definition) is 0. The molecule has 0 spiro atoms. The SMILES string of the molecule is [2H]C(F)(F)C([2H])(OF)C(F)(F)F. The maximum Gasteiger partial charge on any atom is 0.423 e. The molecule has 0 aliphatic rings. The van der Waals surface area contributed by atoms with E-state index < -0.39 is 18.7 Å². The molecule has 0 aliphatic carbocycles. The van der Waals surface area contributed by atoms with Crippen LogP contribution in [-0.2, 0) is 4.94 Å². The fourth-order valence-electron chi connectivity index (χ4n) is 0.180. The van der Waals surface area contributed by atoms with Crippen LogP contribution in [0.4, 0.5) is 26.5 Å². The predicted molar refractivity (Wildman–Crippen MR) is 18.0 cm³/mol. The Bertz CT molecular complexity index is 147. The third kappa shape index (κ3) is 2.42. The van der Waals surface area contributed by atoms with E-state index in [0.717, 1.165) is 0 Å². The molecule has 0 aliphatic heterocycles. The summed E-state index contributed by atoms with van der Waals surface area (Å²) in [5.41, 5.74) is 0. The topological polar surface area (TPSA) is 9.23 Å². The number of rotatable bonds is 2. The van der Waals surface area contributed by atoms with E-state index in [1.807, 2.05) is 0 Å². The first-order valence-corrected chi connectivity index (χ1v) is 1.80. The van der Waals surface area contributed by atoms with Gasteiger partial charge in [-0.25, -0.2) is 8.78 Å². The van der Waals surface area contributed by atoms with Crippen LogP contribution in [0.1, 0.15) is 2.74 Å². The van der Waals surface area contributed by atoms with Crippen molar-refractivity contribution in [2.75, 3.05) is 0 Å². The third-order valence-electron chi connectivity index (χ3n) is 0.506. The lowest BCUT2D eigenvalue weighted by Crippen LogP contribution is -2.36. The molecule has 0 fully saturated rings. The molecule has 10 heavy (non-hydrogen) atoms. The van der Waals surface area contributed by atoms with Crippen molar-refractivity contribution in [2.24, 2.45) is 0 Å². The highest BCUT2D eigenvalue weighted by molar-refractivity contribution is 4.67. The summed E-state index contributed by atoms with van der Waals surface area (Å²) in [6, 6.07) is 0. The molecule has 0 rings (SSSR count). The van der Waals surface area contributed by atoms with Gasteiger partial charge >= 0.3 is 6.18 Å². The smallest absolute Gasteiger partial charge is 0.207 e. The summed E-state index contributed by atoms with van der Waals surface area (Å²) in [6.07, 6.45) is -16.6. The van der Waals surface area contributed by atoms with Crippen molar-refractivity contribution < 1.29 is 34.2 Å². The maximum atomic E-state index is 11.7. The number of alkyl halides is 5. The molecular formula is C3H2F6O. The van der Waals surface area contributed by atoms with E-state index in [4.69, 9.17) is 2.74 Å². The Kier molecular flexibility index (Phi) is 1.93. The van der Waals surface area contributed by atoms with E-state index >= 15 is 0 Å². The minimum absolute atomic E-state index is 1.77. The molecule has 0 aromatic rings. The fourth-order valence-corrected chi connectivity index (χ4v) is 0.180. The third-order valence-corrected chi connectivity index (χ3v) is 0.506. The first kappa shape index (κ1) is 6.26. The van der Waals surface area contributed by atoms with Crippen LogP contribution in [0.5, 0.6) is 0 Å². The molecule has 0 saturated carbocycles. The van der Waals surface area contributed by atoms with Crippen molar-refractivity contribution in [1.29, 1.82) is 0 Å². The molecule has 0 saturated heterocycles. The van der Waals surface area contributed by atoms with Gasteiger partial charge in [-0.05, 0) is 4.53 Å². The lowest BCUT2D eigenvalue weighted by Gasteiger charge is -2.13. The Morgan fingerprint density at radius 1 is 1.30 bits per heavy atom. The molecule has 0 aromatic heterocycles. The van der Waals surface area contributed by atoms with Gasteiger partial charge in [0.1, 0.15) is 1.37 Å². The highest BCUT2D eigenvalue weighted by Gasteiger charge is 2.48. The van der Waals surface area contributed by atoms with Gasteiger partial charge in [0.15, 0.2) is 0 Å². The average Bonchev–Trinajstić information content (AvgIpc) is 1.81. The highest BCUT2D eigenvalue weighted by atomic mass is 19.4. The maximum absolute atomic E-state index is 11.7. The van der Waals surface area contributed by atoms with Gasteiger partial charge in [0.25, 0.3) is 12.5 Å². The lowest BCUT2D eigenvalue weighted by atomic mass is 10.4. The molecule has 0 N–H and O–H groups in total. The van der Waals surface area contributed by atoms with Gasteiger partial charge < -0.3 is 0 Å². The van der Waals surface area contributed by atoms with Crippen LogP contribution in [0.15, 0.2) is 0 Å². The lowest BCUT2D eigenvalue weighted by molar-refractivity contribution is -0.322. The van der Waals surface area contributed by atoms with Crippen LogP contribution < -0.4 is 0 Å².